The van der Waals surface area contributed by atoms with Crippen LogP contribution in [0, 0.1) is 0 Å². The van der Waals surface area contributed by atoms with Crippen molar-refractivity contribution in [1.29, 1.82) is 0 Å². The van der Waals surface area contributed by atoms with Crippen molar-refractivity contribution < 1.29 is 4.74 Å². The third-order valence-electron chi connectivity index (χ3n) is 6.11. The van der Waals surface area contributed by atoms with E-state index in [1.165, 1.54) is 27.7 Å². The molecule has 1 aromatic heterocycles. The lowest BCUT2D eigenvalue weighted by atomic mass is 10.1. The summed E-state index contributed by atoms with van der Waals surface area (Å²) in [6.07, 6.45) is 2.03. The second kappa shape index (κ2) is 8.76. The molecule has 2 heterocycles. The van der Waals surface area contributed by atoms with E-state index in [-0.39, 0.29) is 0 Å². The van der Waals surface area contributed by atoms with Crippen molar-refractivity contribution in [2.75, 3.05) is 19.7 Å². The molecule has 3 aromatic carbocycles. The molecule has 4 aromatic rings. The molecule has 152 valence electrons. The molecule has 5 rings (SSSR count). The Morgan fingerprint density at radius 3 is 2.30 bits per heavy atom. The van der Waals surface area contributed by atoms with Gasteiger partial charge in [-0.1, -0.05) is 66.7 Å². The van der Waals surface area contributed by atoms with Gasteiger partial charge in [-0.25, -0.2) is 0 Å². The molecule has 0 atom stereocenters. The van der Waals surface area contributed by atoms with E-state index in [1.807, 2.05) is 30.3 Å². The van der Waals surface area contributed by atoms with Crippen LogP contribution in [0.25, 0.3) is 10.9 Å². The van der Waals surface area contributed by atoms with Crippen molar-refractivity contribution in [2.24, 2.45) is 0 Å². The zero-order valence-electron chi connectivity index (χ0n) is 17.3. The fourth-order valence-electron chi connectivity index (χ4n) is 4.65. The second-order valence-electron chi connectivity index (χ2n) is 8.02. The van der Waals surface area contributed by atoms with Gasteiger partial charge in [-0.15, -0.1) is 0 Å². The van der Waals surface area contributed by atoms with E-state index in [1.54, 1.807) is 0 Å². The molecule has 0 spiro atoms. The largest absolute Gasteiger partial charge is 0.493 e. The van der Waals surface area contributed by atoms with Crippen molar-refractivity contribution >= 4 is 10.9 Å². The average Bonchev–Trinajstić information content (AvgIpc) is 2.94. The monoisotopic (exact) mass is 396 g/mol. The van der Waals surface area contributed by atoms with Gasteiger partial charge in [0, 0.05) is 55.6 Å². The topological polar surface area (TPSA) is 17.4 Å². The molecule has 0 bridgehead atoms. The van der Waals surface area contributed by atoms with Crippen molar-refractivity contribution in [3.8, 4) is 5.75 Å². The van der Waals surface area contributed by atoms with E-state index in [9.17, 15) is 0 Å². The molecular formula is C27H28N2O. The normalized spacial score (nSPS) is 14.4. The Morgan fingerprint density at radius 1 is 0.733 bits per heavy atom. The maximum Gasteiger partial charge on any atom is 0.119 e. The quantitative estimate of drug-likeness (QED) is 0.439. The molecule has 3 nitrogen and oxygen atoms in total. The third-order valence-corrected chi connectivity index (χ3v) is 6.11. The fraction of sp³-hybridized carbons (Fsp3) is 0.259. The standard InChI is InChI=1S/C27H28N2O/c1-3-9-22(10-4-1)21-28-17-15-27-25(16-20-30-23-11-5-2-6-12-23)24-13-7-8-14-26(24)29(27)19-18-28/h1-14H,15-21H2. The lowest BCUT2D eigenvalue weighted by molar-refractivity contribution is 0.272. The first-order valence-electron chi connectivity index (χ1n) is 10.9. The van der Waals surface area contributed by atoms with Gasteiger partial charge in [0.05, 0.1) is 6.61 Å². The molecule has 0 N–H and O–H groups in total. The highest BCUT2D eigenvalue weighted by molar-refractivity contribution is 5.85. The van der Waals surface area contributed by atoms with Crippen molar-refractivity contribution in [3.05, 3.63) is 102 Å². The van der Waals surface area contributed by atoms with Crippen LogP contribution in [-0.2, 0) is 25.9 Å². The van der Waals surface area contributed by atoms with E-state index in [0.29, 0.717) is 6.61 Å². The van der Waals surface area contributed by atoms with Gasteiger partial charge in [-0.3, -0.25) is 4.90 Å². The van der Waals surface area contributed by atoms with Crippen LogP contribution in [0.2, 0.25) is 0 Å². The lowest BCUT2D eigenvalue weighted by Crippen LogP contribution is -2.26. The van der Waals surface area contributed by atoms with Crippen LogP contribution in [0.5, 0.6) is 5.75 Å². The zero-order chi connectivity index (χ0) is 20.2. The van der Waals surface area contributed by atoms with E-state index < -0.39 is 0 Å². The lowest BCUT2D eigenvalue weighted by Gasteiger charge is -2.19. The number of aromatic nitrogens is 1. The number of hydrogen-bond acceptors (Lipinski definition) is 2. The van der Waals surface area contributed by atoms with Crippen LogP contribution in [0.15, 0.2) is 84.9 Å². The minimum Gasteiger partial charge on any atom is -0.493 e. The number of para-hydroxylation sites is 2. The van der Waals surface area contributed by atoms with Crippen LogP contribution in [-0.4, -0.2) is 29.2 Å². The Balaban J connectivity index is 1.36. The van der Waals surface area contributed by atoms with Gasteiger partial charge in [0.15, 0.2) is 0 Å². The Kier molecular flexibility index (Phi) is 5.54. The number of fused-ring (bicyclic) bond motifs is 3. The van der Waals surface area contributed by atoms with Gasteiger partial charge in [0.1, 0.15) is 5.75 Å². The van der Waals surface area contributed by atoms with Gasteiger partial charge in [0.2, 0.25) is 0 Å². The predicted octanol–water partition coefficient (Wildman–Crippen LogP) is 5.32. The van der Waals surface area contributed by atoms with Gasteiger partial charge in [0.25, 0.3) is 0 Å². The van der Waals surface area contributed by atoms with Crippen LogP contribution < -0.4 is 4.74 Å². The maximum atomic E-state index is 6.03. The molecule has 0 amide bonds. The Hall–Kier alpha value is -3.04. The van der Waals surface area contributed by atoms with Crippen LogP contribution in [0.3, 0.4) is 0 Å². The van der Waals surface area contributed by atoms with Crippen LogP contribution >= 0.6 is 0 Å². The molecule has 30 heavy (non-hydrogen) atoms. The second-order valence-corrected chi connectivity index (χ2v) is 8.02. The smallest absolute Gasteiger partial charge is 0.119 e. The summed E-state index contributed by atoms with van der Waals surface area (Å²) in [4.78, 5) is 2.58. The van der Waals surface area contributed by atoms with Gasteiger partial charge in [-0.2, -0.15) is 0 Å². The highest BCUT2D eigenvalue weighted by Gasteiger charge is 2.21. The summed E-state index contributed by atoms with van der Waals surface area (Å²) < 4.78 is 8.58. The van der Waals surface area contributed by atoms with Gasteiger partial charge >= 0.3 is 0 Å². The van der Waals surface area contributed by atoms with Crippen LogP contribution in [0.1, 0.15) is 16.8 Å². The van der Waals surface area contributed by atoms with Crippen LogP contribution in [0.4, 0.5) is 0 Å². The number of hydrogen-bond donors (Lipinski definition) is 0. The summed E-state index contributed by atoms with van der Waals surface area (Å²) in [5, 5.41) is 1.39. The minimum absolute atomic E-state index is 0.707. The SMILES string of the molecule is c1ccc(CN2CCc3c(CCOc4ccccc4)c4ccccc4n3CC2)cc1. The van der Waals surface area contributed by atoms with Gasteiger partial charge in [-0.05, 0) is 29.3 Å². The van der Waals surface area contributed by atoms with Crippen molar-refractivity contribution in [1.82, 2.24) is 9.47 Å². The highest BCUT2D eigenvalue weighted by Crippen LogP contribution is 2.29. The van der Waals surface area contributed by atoms with E-state index >= 15 is 0 Å². The summed E-state index contributed by atoms with van der Waals surface area (Å²) >= 11 is 0. The van der Waals surface area contributed by atoms with E-state index in [0.717, 1.165) is 44.8 Å². The molecule has 0 saturated carbocycles. The first-order chi connectivity index (χ1) is 14.9. The molecular weight excluding hydrogens is 368 g/mol. The van der Waals surface area contributed by atoms with E-state index in [4.69, 9.17) is 4.74 Å². The Morgan fingerprint density at radius 2 is 1.47 bits per heavy atom. The Bertz CT molecular complexity index is 1100. The average molecular weight is 397 g/mol. The van der Waals surface area contributed by atoms with E-state index in [2.05, 4.69) is 64.1 Å². The number of ether oxygens (including phenoxy) is 1. The number of benzene rings is 3. The summed E-state index contributed by atoms with van der Waals surface area (Å²) in [5.74, 6) is 0.946. The number of nitrogens with zero attached hydrogens (tertiary/aromatic N) is 2. The van der Waals surface area contributed by atoms with Gasteiger partial charge < -0.3 is 9.30 Å². The summed E-state index contributed by atoms with van der Waals surface area (Å²) in [7, 11) is 0. The first kappa shape index (κ1) is 19.0. The Labute approximate surface area is 178 Å². The van der Waals surface area contributed by atoms with Crippen molar-refractivity contribution in [2.45, 2.75) is 25.9 Å². The minimum atomic E-state index is 0.707. The molecule has 0 fully saturated rings. The molecule has 3 heteroatoms. The van der Waals surface area contributed by atoms with Crippen molar-refractivity contribution in [3.63, 3.8) is 0 Å². The predicted molar refractivity (Wildman–Crippen MR) is 123 cm³/mol. The highest BCUT2D eigenvalue weighted by atomic mass is 16.5. The molecule has 0 saturated heterocycles. The molecule has 1 aliphatic heterocycles. The zero-order valence-corrected chi connectivity index (χ0v) is 17.3. The molecule has 0 aliphatic carbocycles. The molecule has 1 aliphatic rings. The fourth-order valence-corrected chi connectivity index (χ4v) is 4.65. The third kappa shape index (κ3) is 3.99. The summed E-state index contributed by atoms with van der Waals surface area (Å²) in [5.41, 5.74) is 5.71. The summed E-state index contributed by atoms with van der Waals surface area (Å²) in [6.45, 7) is 4.95. The summed E-state index contributed by atoms with van der Waals surface area (Å²) in [6, 6.07) is 29.8. The first-order valence-corrected chi connectivity index (χ1v) is 10.9. The number of rotatable bonds is 6. The molecule has 0 unspecified atom stereocenters. The maximum absolute atomic E-state index is 6.03. The molecule has 0 radical (unpaired) electrons.